The maximum atomic E-state index is 11.9. The van der Waals surface area contributed by atoms with E-state index in [0.29, 0.717) is 24.4 Å². The van der Waals surface area contributed by atoms with Crippen LogP contribution in [0.4, 0.5) is 4.79 Å². The molecule has 0 atom stereocenters. The van der Waals surface area contributed by atoms with Crippen molar-refractivity contribution in [3.05, 3.63) is 36.4 Å². The number of hydrogen-bond acceptors (Lipinski definition) is 4. The van der Waals surface area contributed by atoms with Gasteiger partial charge in [-0.1, -0.05) is 18.7 Å². The lowest BCUT2D eigenvalue weighted by atomic mass is 10.2. The molecule has 0 heterocycles. The summed E-state index contributed by atoms with van der Waals surface area (Å²) in [6, 6.07) is 7.20. The molecule has 1 rings (SSSR count). The molecule has 0 bridgehead atoms. The van der Waals surface area contributed by atoms with Gasteiger partial charge in [-0.3, -0.25) is 0 Å². The molecule has 0 unspecified atom stereocenters. The lowest BCUT2D eigenvalue weighted by Gasteiger charge is -2.19. The second-order valence-corrected chi connectivity index (χ2v) is 4.01. The van der Waals surface area contributed by atoms with Crippen molar-refractivity contribution >= 4 is 11.9 Å². The maximum absolute atomic E-state index is 11.9. The van der Waals surface area contributed by atoms with E-state index >= 15 is 0 Å². The number of methoxy groups -OCH3 is 1. The van der Waals surface area contributed by atoms with Gasteiger partial charge in [0.2, 0.25) is 0 Å². The molecule has 0 aromatic heterocycles. The van der Waals surface area contributed by atoms with Crippen molar-refractivity contribution in [2.45, 2.75) is 13.8 Å². The van der Waals surface area contributed by atoms with Crippen LogP contribution in [-0.2, 0) is 9.47 Å². The van der Waals surface area contributed by atoms with Crippen LogP contribution in [0.25, 0.3) is 5.76 Å². The molecule has 110 valence electrons. The molecular formula is C15H21NO4. The highest BCUT2D eigenvalue weighted by atomic mass is 16.7. The fourth-order valence-electron chi connectivity index (χ4n) is 1.65. The third kappa shape index (κ3) is 4.28. The highest BCUT2D eigenvalue weighted by Gasteiger charge is 2.15. The van der Waals surface area contributed by atoms with Crippen molar-refractivity contribution in [1.29, 1.82) is 0 Å². The van der Waals surface area contributed by atoms with Gasteiger partial charge in [0.1, 0.15) is 11.5 Å². The van der Waals surface area contributed by atoms with Crippen LogP contribution in [0.15, 0.2) is 30.8 Å². The van der Waals surface area contributed by atoms with E-state index in [2.05, 4.69) is 6.58 Å². The number of para-hydroxylation sites is 1. The summed E-state index contributed by atoms with van der Waals surface area (Å²) in [6.45, 7) is 8.87. The van der Waals surface area contributed by atoms with Crippen LogP contribution in [0.3, 0.4) is 0 Å². The largest absolute Gasteiger partial charge is 0.467 e. The van der Waals surface area contributed by atoms with E-state index < -0.39 is 6.09 Å². The molecule has 5 heteroatoms. The summed E-state index contributed by atoms with van der Waals surface area (Å²) >= 11 is 0. The summed E-state index contributed by atoms with van der Waals surface area (Å²) in [6.07, 6.45) is -0.415. The first-order chi connectivity index (χ1) is 9.63. The smallest absolute Gasteiger partial charge is 0.415 e. The van der Waals surface area contributed by atoms with Gasteiger partial charge in [-0.05, 0) is 26.0 Å². The van der Waals surface area contributed by atoms with Crippen LogP contribution in [0.5, 0.6) is 5.75 Å². The number of hydrogen-bond donors (Lipinski definition) is 0. The van der Waals surface area contributed by atoms with Crippen LogP contribution in [-0.4, -0.2) is 38.0 Å². The maximum Gasteiger partial charge on any atom is 0.415 e. The van der Waals surface area contributed by atoms with Gasteiger partial charge in [-0.2, -0.15) is 0 Å². The van der Waals surface area contributed by atoms with E-state index in [1.54, 1.807) is 17.0 Å². The van der Waals surface area contributed by atoms with Crippen molar-refractivity contribution < 1.29 is 19.0 Å². The van der Waals surface area contributed by atoms with Crippen LogP contribution in [0.2, 0.25) is 0 Å². The summed E-state index contributed by atoms with van der Waals surface area (Å²) in [5, 5.41) is 0. The Bertz CT molecular complexity index is 455. The second-order valence-electron chi connectivity index (χ2n) is 4.01. The monoisotopic (exact) mass is 279 g/mol. The molecule has 0 saturated heterocycles. The van der Waals surface area contributed by atoms with Crippen molar-refractivity contribution in [1.82, 2.24) is 4.90 Å². The Morgan fingerprint density at radius 3 is 2.50 bits per heavy atom. The van der Waals surface area contributed by atoms with Crippen molar-refractivity contribution in [2.75, 3.05) is 27.0 Å². The Kier molecular flexibility index (Phi) is 6.59. The van der Waals surface area contributed by atoms with E-state index in [4.69, 9.17) is 14.2 Å². The van der Waals surface area contributed by atoms with Gasteiger partial charge >= 0.3 is 6.09 Å². The number of nitrogens with zero attached hydrogens (tertiary/aromatic N) is 1. The molecule has 1 amide bonds. The Morgan fingerprint density at radius 1 is 1.25 bits per heavy atom. The average Bonchev–Trinajstić information content (AvgIpc) is 2.46. The quantitative estimate of drug-likeness (QED) is 0.568. The van der Waals surface area contributed by atoms with Gasteiger partial charge < -0.3 is 19.1 Å². The Hall–Kier alpha value is -2.01. The van der Waals surface area contributed by atoms with Gasteiger partial charge in [-0.15, -0.1) is 0 Å². The van der Waals surface area contributed by atoms with Gasteiger partial charge in [0.15, 0.2) is 6.79 Å². The van der Waals surface area contributed by atoms with Crippen molar-refractivity contribution in [2.24, 2.45) is 0 Å². The zero-order valence-electron chi connectivity index (χ0n) is 12.2. The number of carbonyl (C=O) groups is 1. The summed E-state index contributed by atoms with van der Waals surface area (Å²) in [7, 11) is 1.54. The molecule has 1 aromatic rings. The van der Waals surface area contributed by atoms with Crippen LogP contribution in [0.1, 0.15) is 19.4 Å². The van der Waals surface area contributed by atoms with Gasteiger partial charge in [-0.25, -0.2) is 4.79 Å². The first kappa shape index (κ1) is 16.0. The predicted octanol–water partition coefficient (Wildman–Crippen LogP) is 3.12. The zero-order chi connectivity index (χ0) is 15.0. The topological polar surface area (TPSA) is 48.0 Å². The molecule has 5 nitrogen and oxygen atoms in total. The number of amides is 1. The molecule has 0 spiro atoms. The van der Waals surface area contributed by atoms with E-state index in [1.807, 2.05) is 26.0 Å². The van der Waals surface area contributed by atoms with Crippen molar-refractivity contribution in [3.63, 3.8) is 0 Å². The summed E-state index contributed by atoms with van der Waals surface area (Å²) in [5.41, 5.74) is 0.630. The first-order valence-corrected chi connectivity index (χ1v) is 6.50. The van der Waals surface area contributed by atoms with E-state index in [1.165, 1.54) is 7.11 Å². The molecule has 20 heavy (non-hydrogen) atoms. The van der Waals surface area contributed by atoms with Crippen LogP contribution in [0, 0.1) is 0 Å². The highest BCUT2D eigenvalue weighted by Crippen LogP contribution is 2.26. The number of carbonyl (C=O) groups excluding carboxylic acids is 1. The molecule has 0 aliphatic carbocycles. The van der Waals surface area contributed by atoms with Gasteiger partial charge in [0.25, 0.3) is 0 Å². The lowest BCUT2D eigenvalue weighted by molar-refractivity contribution is 0.0507. The minimum absolute atomic E-state index is 0.119. The summed E-state index contributed by atoms with van der Waals surface area (Å²) in [5.74, 6) is 0.820. The number of ether oxygens (including phenoxy) is 3. The van der Waals surface area contributed by atoms with Crippen LogP contribution < -0.4 is 4.74 Å². The van der Waals surface area contributed by atoms with E-state index in [9.17, 15) is 4.79 Å². The molecule has 0 aliphatic heterocycles. The second kappa shape index (κ2) is 8.22. The molecule has 0 fully saturated rings. The lowest BCUT2D eigenvalue weighted by Crippen LogP contribution is -2.30. The average molecular weight is 279 g/mol. The number of benzene rings is 1. The standard InChI is InChI=1S/C15H21NO4/c1-5-16(6-2)15(17)20-12(3)13-9-7-8-10-14(13)19-11-18-4/h7-10H,3,5-6,11H2,1-2,4H3. The molecule has 0 radical (unpaired) electrons. The highest BCUT2D eigenvalue weighted by molar-refractivity contribution is 5.77. The van der Waals surface area contributed by atoms with Crippen molar-refractivity contribution in [3.8, 4) is 5.75 Å². The fraction of sp³-hybridized carbons (Fsp3) is 0.400. The normalized spacial score (nSPS) is 9.95. The Morgan fingerprint density at radius 2 is 1.90 bits per heavy atom. The zero-order valence-corrected chi connectivity index (χ0v) is 12.2. The van der Waals surface area contributed by atoms with Gasteiger partial charge in [0, 0.05) is 20.2 Å². The SMILES string of the molecule is C=C(OC(=O)N(CC)CC)c1ccccc1OCOC. The molecule has 0 N–H and O–H groups in total. The fourth-order valence-corrected chi connectivity index (χ4v) is 1.65. The van der Waals surface area contributed by atoms with E-state index in [0.717, 1.165) is 0 Å². The molecule has 1 aromatic carbocycles. The minimum Gasteiger partial charge on any atom is -0.467 e. The van der Waals surface area contributed by atoms with Gasteiger partial charge in [0.05, 0.1) is 5.56 Å². The third-order valence-electron chi connectivity index (χ3n) is 2.75. The van der Waals surface area contributed by atoms with Crippen LogP contribution >= 0.6 is 0 Å². The minimum atomic E-state index is -0.415. The van der Waals surface area contributed by atoms with E-state index in [-0.39, 0.29) is 12.6 Å². The summed E-state index contributed by atoms with van der Waals surface area (Å²) < 4.78 is 15.6. The Labute approximate surface area is 119 Å². The predicted molar refractivity (Wildman–Crippen MR) is 77.4 cm³/mol. The summed E-state index contributed by atoms with van der Waals surface area (Å²) in [4.78, 5) is 13.5. The molecule has 0 aliphatic rings. The number of rotatable bonds is 7. The molecular weight excluding hydrogens is 258 g/mol. The Balaban J connectivity index is 2.79. The first-order valence-electron chi connectivity index (χ1n) is 6.50. The third-order valence-corrected chi connectivity index (χ3v) is 2.75. The molecule has 0 saturated carbocycles.